The van der Waals surface area contributed by atoms with Crippen LogP contribution >= 0.6 is 0 Å². The van der Waals surface area contributed by atoms with Gasteiger partial charge in [0.2, 0.25) is 11.8 Å². The number of amides is 2. The lowest BCUT2D eigenvalue weighted by Crippen LogP contribution is -2.48. The molecule has 0 radical (unpaired) electrons. The molecule has 114 heavy (non-hydrogen) atoms. The van der Waals surface area contributed by atoms with Crippen molar-refractivity contribution in [1.82, 2.24) is 89.4 Å². The highest BCUT2D eigenvalue weighted by atomic mass is 19.1. The first-order chi connectivity index (χ1) is 53.6. The number of carbonyl (C=O) groups excluding carboxylic acids is 5. The molecule has 9 aliphatic rings. The van der Waals surface area contributed by atoms with E-state index in [1.54, 1.807) is 64.8 Å². The smallest absolute Gasteiger partial charge is 0.377 e. The molecule has 33 nitrogen and oxygen atoms in total. The first kappa shape index (κ1) is 94.8. The minimum absolute atomic E-state index is 0. The summed E-state index contributed by atoms with van der Waals surface area (Å²) in [5.41, 5.74) is 10.2. The van der Waals surface area contributed by atoms with Crippen LogP contribution in [0.4, 0.5) is 22.0 Å². The number of carboxylic acid groups (broad SMARTS) is 1. The number of aromatic nitrogens is 12. The minimum Gasteiger partial charge on any atom is -0.480 e. The molecule has 6 heterocycles. The lowest BCUT2D eigenvalue weighted by atomic mass is 9.80. The van der Waals surface area contributed by atoms with E-state index in [9.17, 15) is 65.8 Å². The maximum Gasteiger partial charge on any atom is 0.377 e. The Bertz CT molecular complexity index is 3670. The fourth-order valence-corrected chi connectivity index (χ4v) is 17.5. The average Bonchev–Trinajstić information content (AvgIpc) is 1.67. The van der Waals surface area contributed by atoms with Crippen molar-refractivity contribution < 1.29 is 70.9 Å². The van der Waals surface area contributed by atoms with Gasteiger partial charge >= 0.3 is 27.1 Å². The molecule has 21 atom stereocenters. The van der Waals surface area contributed by atoms with Crippen molar-refractivity contribution in [3.8, 4) is 18.2 Å². The molecule has 4 aromatic heterocycles. The van der Waals surface area contributed by atoms with E-state index in [2.05, 4.69) is 68.4 Å². The zero-order chi connectivity index (χ0) is 81.1. The molecular formula is C73H117B3F5N23O10. The van der Waals surface area contributed by atoms with Gasteiger partial charge in [0.25, 0.3) is 0 Å². The normalized spacial score (nSPS) is 30.4. The van der Waals surface area contributed by atoms with E-state index in [1.807, 2.05) is 20.2 Å². The van der Waals surface area contributed by atoms with E-state index < -0.39 is 111 Å². The van der Waals surface area contributed by atoms with Crippen LogP contribution in [0.1, 0.15) is 143 Å². The van der Waals surface area contributed by atoms with E-state index in [1.165, 1.54) is 25.3 Å². The molecule has 2 saturated heterocycles. The van der Waals surface area contributed by atoms with Gasteiger partial charge in [0.15, 0.2) is 5.78 Å². The molecule has 0 aromatic carbocycles. The minimum atomic E-state index is -1.17. The lowest BCUT2D eigenvalue weighted by Gasteiger charge is -2.31. The highest BCUT2D eigenvalue weighted by Gasteiger charge is 2.46. The monoisotopic (exact) mass is 1600 g/mol. The van der Waals surface area contributed by atoms with Gasteiger partial charge in [0.05, 0.1) is 61.1 Å². The summed E-state index contributed by atoms with van der Waals surface area (Å²) >= 11 is 0. The molecule has 13 rings (SSSR count). The molecular weight excluding hydrogens is 1490 g/mol. The van der Waals surface area contributed by atoms with Gasteiger partial charge in [-0.25, -0.2) is 41.9 Å². The summed E-state index contributed by atoms with van der Waals surface area (Å²) in [6, 6.07) is 6.02. The van der Waals surface area contributed by atoms with Crippen LogP contribution in [0.2, 0.25) is 20.5 Å². The molecule has 2 aliphatic heterocycles. The fourth-order valence-electron chi connectivity index (χ4n) is 17.5. The first-order valence-electron chi connectivity index (χ1n) is 39.2. The van der Waals surface area contributed by atoms with Crippen LogP contribution in [0.5, 0.6) is 0 Å². The Hall–Kier alpha value is -8.07. The van der Waals surface area contributed by atoms with Crippen molar-refractivity contribution in [2.75, 3.05) is 39.3 Å². The Morgan fingerprint density at radius 3 is 1.17 bits per heavy atom. The third kappa shape index (κ3) is 29.6. The van der Waals surface area contributed by atoms with Crippen molar-refractivity contribution in [2.45, 2.75) is 257 Å². The van der Waals surface area contributed by atoms with E-state index in [0.29, 0.717) is 42.7 Å². The third-order valence-corrected chi connectivity index (χ3v) is 23.2. The summed E-state index contributed by atoms with van der Waals surface area (Å²) in [5.74, 6) is -3.94. The Balaban J connectivity index is 0.000000221. The van der Waals surface area contributed by atoms with Gasteiger partial charge in [-0.2, -0.15) is 36.2 Å². The topological polar surface area (TPSA) is 475 Å². The molecule has 41 heteroatoms. The van der Waals surface area contributed by atoms with Gasteiger partial charge in [-0.15, -0.1) is 0 Å². The van der Waals surface area contributed by atoms with Gasteiger partial charge in [-0.05, 0) is 160 Å². The molecule has 3 unspecified atom stereocenters. The van der Waals surface area contributed by atoms with Crippen molar-refractivity contribution in [3.63, 3.8) is 0 Å². The van der Waals surface area contributed by atoms with E-state index in [4.69, 9.17) is 32.4 Å². The molecule has 0 spiro atoms. The van der Waals surface area contributed by atoms with Crippen LogP contribution in [0.3, 0.4) is 0 Å². The number of ketones is 3. The Morgan fingerprint density at radius 2 is 0.833 bits per heavy atom. The Labute approximate surface area is 665 Å². The molecule has 0 bridgehead atoms. The van der Waals surface area contributed by atoms with Crippen LogP contribution in [0, 0.1) is 93.2 Å². The summed E-state index contributed by atoms with van der Waals surface area (Å²) in [6.07, 6.45) is 20.6. The SMILES string of the molecule is C.C.CB(O)N(CC(=O)C1C[C@@H](F)C[C@H]1C#N)[C@@H]1CC[C@H](Cn2cncn2)C1.CB(O)N(CC(=O)C1C[C@@H](F)C[C@H]1C(N)=O)[C@@H]1CC[C@H](Cn2cncn2)C1.CB(O)N(CC(=O)O)[C@@H]1CC[C@H](Cn2cncn2)C1.N#C[C@@H]1C[C@H](F)CC1C(=O)CN[C@@H]1CC[C@H](Cn2cncn2)C1.N#C[C@@H]1C[C@H](F)CN1.NC(=O)[C@@H]1C[C@H](F)CN1. The van der Waals surface area contributed by atoms with Crippen LogP contribution in [0.15, 0.2) is 50.6 Å². The molecule has 7 aliphatic carbocycles. The third-order valence-electron chi connectivity index (χ3n) is 23.2. The summed E-state index contributed by atoms with van der Waals surface area (Å²) in [5, 5.41) is 90.5. The van der Waals surface area contributed by atoms with Crippen LogP contribution in [-0.2, 0) is 54.9 Å². The maximum atomic E-state index is 13.7. The second-order valence-corrected chi connectivity index (χ2v) is 31.6. The van der Waals surface area contributed by atoms with Crippen molar-refractivity contribution in [1.29, 1.82) is 15.8 Å². The van der Waals surface area contributed by atoms with Gasteiger partial charge in [-0.1, -0.05) is 14.9 Å². The summed E-state index contributed by atoms with van der Waals surface area (Å²) in [6.45, 7) is 8.94. The maximum absolute atomic E-state index is 13.7. The number of rotatable bonds is 28. The number of carboxylic acids is 1. The predicted octanol–water partition coefficient (Wildman–Crippen LogP) is 3.68. The second kappa shape index (κ2) is 47.2. The molecule has 628 valence electrons. The number of halogens is 5. The number of carbonyl (C=O) groups is 6. The van der Waals surface area contributed by atoms with Gasteiger partial charge in [0.1, 0.15) is 93.0 Å². The van der Waals surface area contributed by atoms with Crippen LogP contribution in [-0.4, -0.2) is 256 Å². The highest BCUT2D eigenvalue weighted by Crippen LogP contribution is 2.40. The van der Waals surface area contributed by atoms with E-state index in [-0.39, 0.29) is 134 Å². The Kier molecular flexibility index (Phi) is 39.3. The summed E-state index contributed by atoms with van der Waals surface area (Å²) in [4.78, 5) is 91.4. The Morgan fingerprint density at radius 1 is 0.465 bits per heavy atom. The molecule has 11 N–H and O–H groups in total. The largest absolute Gasteiger partial charge is 0.480 e. The van der Waals surface area contributed by atoms with Gasteiger partial charge in [0, 0.05) is 107 Å². The molecule has 7 saturated carbocycles. The second-order valence-electron chi connectivity index (χ2n) is 31.6. The predicted molar refractivity (Wildman–Crippen MR) is 412 cm³/mol. The van der Waals surface area contributed by atoms with Crippen LogP contribution in [0.25, 0.3) is 0 Å². The van der Waals surface area contributed by atoms with Gasteiger partial charge < -0.3 is 56.7 Å². The van der Waals surface area contributed by atoms with Crippen molar-refractivity contribution >= 4 is 56.3 Å². The first-order valence-corrected chi connectivity index (χ1v) is 39.2. The number of nitriles is 3. The number of nitrogens with zero attached hydrogens (tertiary/aromatic N) is 18. The number of hydrogen-bond donors (Lipinski definition) is 9. The average molecular weight is 1600 g/mol. The number of nitrogens with one attached hydrogen (secondary N) is 3. The zero-order valence-electron chi connectivity index (χ0n) is 64.0. The molecule has 4 aromatic rings. The quantitative estimate of drug-likeness (QED) is 0.0289. The van der Waals surface area contributed by atoms with Gasteiger partial charge in [-0.3, -0.25) is 52.8 Å². The summed E-state index contributed by atoms with van der Waals surface area (Å²) < 4.78 is 72.4. The number of alkyl halides is 5. The molecule has 2 amide bonds. The highest BCUT2D eigenvalue weighted by molar-refractivity contribution is 6.46. The van der Waals surface area contributed by atoms with E-state index >= 15 is 0 Å². The molecule has 9 fully saturated rings. The van der Waals surface area contributed by atoms with Crippen molar-refractivity contribution in [2.24, 2.45) is 70.6 Å². The fraction of sp³-hybridized carbons (Fsp3) is 0.767. The number of hydrogen-bond acceptors (Lipinski definition) is 26. The van der Waals surface area contributed by atoms with E-state index in [0.717, 1.165) is 103 Å². The standard InChI is InChI=1S/C17H27BFN5O3.C17H25BFN5O2.C16H22FN5O.C11H19BN4O3.C5H9FN2O.C5H7FN2.2CH4/c1-18(27)24(8-16(25)14-5-12(19)6-15(14)17(20)26)13-3-2-11(4-13)7-23-10-21-9-22-23;1-18(26)24(9-17(25)16-6-14(19)5-13(16)7-20)15-3-2-12(4-15)8-23-11-21-10-22-23;17-13-4-12(6-18)15(5-13)16(23)7-20-14-2-1-11(3-14)8-22-10-19-9-21-22;1-12(19)16(6-11(17)18)10-3-2-9(4-10)5-15-8-13-7-14-15;6-3-1-4(5(7)9)8-2-3;6-4-1-5(2-7)8-3-4;;/h9-15,27H,2-8H2,1H3,(H2,20,26);10-16,26H,2-6,8-9H2,1H3;9-15,20H,1-5,7-8H2;7-10,19H,2-6H2,1H3,(H,17,18);3-4,8H,1-2H2,(H2,7,9);4-5,8H,1,3H2;2*1H4/t11-,12+,13+,14?,15+;12-,13-,14-,15+,16?;11-,12-,13-,14+,15?;9-,10+;3-,4-;4-,5-;;/m000000../s1. The summed E-state index contributed by atoms with van der Waals surface area (Å²) in [7, 11) is -2.28. The number of aliphatic carboxylic acids is 1. The van der Waals surface area contributed by atoms with Crippen molar-refractivity contribution in [3.05, 3.63) is 50.6 Å². The zero-order valence-corrected chi connectivity index (χ0v) is 64.0. The number of Topliss-reactive ketones (excluding diaryl/α,β-unsaturated/α-hetero) is 3. The number of primary amides is 2. The number of nitrogens with two attached hydrogens (primary N) is 2. The lowest BCUT2D eigenvalue weighted by molar-refractivity contribution is -0.138. The van der Waals surface area contributed by atoms with Crippen LogP contribution < -0.4 is 27.4 Å².